The molecule has 5 N–H and O–H groups in total. The number of aromatic nitrogens is 3. The highest BCUT2D eigenvalue weighted by atomic mass is 15.3. The van der Waals surface area contributed by atoms with E-state index in [1.165, 1.54) is 0 Å². The van der Waals surface area contributed by atoms with E-state index >= 15 is 0 Å². The molecule has 0 spiro atoms. The highest BCUT2D eigenvalue weighted by Gasteiger charge is 2.20. The maximum atomic E-state index is 9.47. The van der Waals surface area contributed by atoms with E-state index in [-0.39, 0.29) is 6.04 Å². The third kappa shape index (κ3) is 1.95. The number of anilines is 1. The fraction of sp³-hybridized carbons (Fsp3) is 0.250. The van der Waals surface area contributed by atoms with Crippen LogP contribution in [0, 0.1) is 11.3 Å². The van der Waals surface area contributed by atoms with Crippen molar-refractivity contribution in [2.24, 2.45) is 5.73 Å². The van der Waals surface area contributed by atoms with Gasteiger partial charge in [-0.25, -0.2) is 4.68 Å². The van der Waals surface area contributed by atoms with Gasteiger partial charge in [0.25, 0.3) is 0 Å². The second-order valence-electron chi connectivity index (χ2n) is 5.50. The first-order chi connectivity index (χ1) is 10.6. The highest BCUT2D eigenvalue weighted by molar-refractivity contribution is 5.97. The molecule has 0 amide bonds. The zero-order valence-electron chi connectivity index (χ0n) is 12.6. The molecule has 0 unspecified atom stereocenters. The summed E-state index contributed by atoms with van der Waals surface area (Å²) in [5, 5.41) is 15.0. The third-order valence-corrected chi connectivity index (χ3v) is 3.83. The number of hydrogen-bond acceptors (Lipinski definition) is 4. The topological polar surface area (TPSA) is 109 Å². The Hall–Kier alpha value is -2.78. The largest absolute Gasteiger partial charge is 0.383 e. The third-order valence-electron chi connectivity index (χ3n) is 3.83. The minimum Gasteiger partial charge on any atom is -0.383 e. The lowest BCUT2D eigenvalue weighted by molar-refractivity contribution is 0.542. The van der Waals surface area contributed by atoms with Crippen LogP contribution in [-0.4, -0.2) is 14.8 Å². The van der Waals surface area contributed by atoms with E-state index in [0.717, 1.165) is 22.0 Å². The van der Waals surface area contributed by atoms with Gasteiger partial charge in [-0.2, -0.15) is 10.4 Å². The maximum Gasteiger partial charge on any atom is 0.140 e. The number of nitrogens with two attached hydrogens (primary N) is 2. The molecule has 0 aliphatic rings. The highest BCUT2D eigenvalue weighted by Crippen LogP contribution is 2.34. The van der Waals surface area contributed by atoms with E-state index in [4.69, 9.17) is 11.5 Å². The first-order valence-corrected chi connectivity index (χ1v) is 7.16. The van der Waals surface area contributed by atoms with Crippen molar-refractivity contribution in [2.45, 2.75) is 26.4 Å². The summed E-state index contributed by atoms with van der Waals surface area (Å²) in [6.45, 7) is 4.42. The molecular formula is C16H18N6. The van der Waals surface area contributed by atoms with Gasteiger partial charge in [-0.15, -0.1) is 0 Å². The van der Waals surface area contributed by atoms with Crippen LogP contribution in [0.4, 0.5) is 5.82 Å². The number of aromatic amines is 1. The average Bonchev–Trinajstić information content (AvgIpc) is 3.10. The smallest absolute Gasteiger partial charge is 0.140 e. The van der Waals surface area contributed by atoms with E-state index in [2.05, 4.69) is 16.2 Å². The summed E-state index contributed by atoms with van der Waals surface area (Å²) >= 11 is 0. The molecule has 6 heteroatoms. The number of benzene rings is 1. The summed E-state index contributed by atoms with van der Waals surface area (Å²) in [4.78, 5) is 3.20. The Morgan fingerprint density at radius 2 is 2.14 bits per heavy atom. The molecule has 3 rings (SSSR count). The number of nitrogens with one attached hydrogen (secondary N) is 1. The molecule has 1 aromatic carbocycles. The number of fused-ring (bicyclic) bond motifs is 1. The fourth-order valence-electron chi connectivity index (χ4n) is 2.73. The van der Waals surface area contributed by atoms with Crippen LogP contribution in [0.15, 0.2) is 24.4 Å². The minimum atomic E-state index is 0.0888. The van der Waals surface area contributed by atoms with Crippen LogP contribution < -0.4 is 11.5 Å². The van der Waals surface area contributed by atoms with Crippen molar-refractivity contribution < 1.29 is 0 Å². The Balaban J connectivity index is 2.31. The summed E-state index contributed by atoms with van der Waals surface area (Å²) in [5.74, 6) is 0.402. The second kappa shape index (κ2) is 5.20. The predicted molar refractivity (Wildman–Crippen MR) is 86.9 cm³/mol. The second-order valence-corrected chi connectivity index (χ2v) is 5.50. The van der Waals surface area contributed by atoms with Crippen molar-refractivity contribution in [1.82, 2.24) is 14.8 Å². The predicted octanol–water partition coefficient (Wildman–Crippen LogP) is 2.52. The first-order valence-electron chi connectivity index (χ1n) is 7.16. The quantitative estimate of drug-likeness (QED) is 0.689. The number of nitriles is 1. The zero-order chi connectivity index (χ0) is 15.9. The Morgan fingerprint density at radius 3 is 2.77 bits per heavy atom. The molecule has 22 heavy (non-hydrogen) atoms. The molecule has 0 aliphatic carbocycles. The van der Waals surface area contributed by atoms with E-state index < -0.39 is 0 Å². The Bertz CT molecular complexity index is 878. The lowest BCUT2D eigenvalue weighted by atomic mass is 10.0. The fourth-order valence-corrected chi connectivity index (χ4v) is 2.73. The summed E-state index contributed by atoms with van der Waals surface area (Å²) in [6, 6.07) is 8.14. The van der Waals surface area contributed by atoms with Crippen molar-refractivity contribution in [3.8, 4) is 17.3 Å². The van der Waals surface area contributed by atoms with Crippen LogP contribution in [-0.2, 0) is 6.54 Å². The Kier molecular flexibility index (Phi) is 3.35. The monoisotopic (exact) mass is 294 g/mol. The molecule has 0 saturated heterocycles. The molecule has 0 saturated carbocycles. The van der Waals surface area contributed by atoms with Crippen LogP contribution in [0.1, 0.15) is 31.0 Å². The molecule has 0 bridgehead atoms. The Labute approximate surface area is 128 Å². The van der Waals surface area contributed by atoms with Gasteiger partial charge in [0.1, 0.15) is 23.1 Å². The molecule has 6 nitrogen and oxygen atoms in total. The van der Waals surface area contributed by atoms with Gasteiger partial charge in [0.05, 0.1) is 5.52 Å². The zero-order valence-corrected chi connectivity index (χ0v) is 12.6. The van der Waals surface area contributed by atoms with Crippen molar-refractivity contribution >= 4 is 16.7 Å². The molecule has 3 aromatic rings. The van der Waals surface area contributed by atoms with Gasteiger partial charge in [0.2, 0.25) is 0 Å². The molecule has 2 heterocycles. The van der Waals surface area contributed by atoms with Crippen molar-refractivity contribution in [2.75, 3.05) is 5.73 Å². The number of hydrogen-bond donors (Lipinski definition) is 3. The van der Waals surface area contributed by atoms with Crippen LogP contribution in [0.25, 0.3) is 22.2 Å². The van der Waals surface area contributed by atoms with Gasteiger partial charge in [-0.1, -0.05) is 12.1 Å². The molecular weight excluding hydrogens is 276 g/mol. The molecule has 0 atom stereocenters. The number of nitrogen functional groups attached to an aromatic ring is 1. The van der Waals surface area contributed by atoms with Gasteiger partial charge in [0.15, 0.2) is 0 Å². The lowest BCUT2D eigenvalue weighted by Gasteiger charge is -2.07. The van der Waals surface area contributed by atoms with Crippen LogP contribution in [0.3, 0.4) is 0 Å². The van der Waals surface area contributed by atoms with Crippen LogP contribution in [0.2, 0.25) is 0 Å². The molecule has 112 valence electrons. The van der Waals surface area contributed by atoms with Gasteiger partial charge in [0, 0.05) is 29.7 Å². The minimum absolute atomic E-state index is 0.0888. The van der Waals surface area contributed by atoms with Crippen molar-refractivity contribution in [1.29, 1.82) is 5.26 Å². The van der Waals surface area contributed by atoms with Gasteiger partial charge >= 0.3 is 0 Å². The average molecular weight is 294 g/mol. The van der Waals surface area contributed by atoms with Crippen molar-refractivity contribution in [3.63, 3.8) is 0 Å². The maximum absolute atomic E-state index is 9.47. The van der Waals surface area contributed by atoms with E-state index in [1.54, 1.807) is 4.68 Å². The van der Waals surface area contributed by atoms with E-state index in [9.17, 15) is 5.26 Å². The van der Waals surface area contributed by atoms with Gasteiger partial charge < -0.3 is 16.5 Å². The lowest BCUT2D eigenvalue weighted by Crippen LogP contribution is -2.07. The summed E-state index contributed by atoms with van der Waals surface area (Å²) in [7, 11) is 0. The van der Waals surface area contributed by atoms with Gasteiger partial charge in [-0.05, 0) is 25.5 Å². The summed E-state index contributed by atoms with van der Waals surface area (Å²) < 4.78 is 1.68. The van der Waals surface area contributed by atoms with Crippen molar-refractivity contribution in [3.05, 3.63) is 35.5 Å². The SMILES string of the molecule is CC(C)n1nc(-c2ccc(CN)c3[nH]ccc23)c(C#N)c1N. The normalized spacial score (nSPS) is 11.2. The molecule has 0 aliphatic heterocycles. The van der Waals surface area contributed by atoms with Gasteiger partial charge in [-0.3, -0.25) is 0 Å². The van der Waals surface area contributed by atoms with Crippen LogP contribution in [0.5, 0.6) is 0 Å². The number of nitrogens with zero attached hydrogens (tertiary/aromatic N) is 3. The Morgan fingerprint density at radius 1 is 1.36 bits per heavy atom. The number of H-pyrrole nitrogens is 1. The van der Waals surface area contributed by atoms with E-state index in [1.807, 2.05) is 38.2 Å². The standard InChI is InChI=1S/C16H18N6/c1-9(2)22-16(19)13(8-18)15(21-22)11-4-3-10(7-17)14-12(11)5-6-20-14/h3-6,9,20H,7,17,19H2,1-2H3. The molecule has 0 fully saturated rings. The number of rotatable bonds is 3. The van der Waals surface area contributed by atoms with Crippen LogP contribution >= 0.6 is 0 Å². The first kappa shape index (κ1) is 14.2. The molecule has 2 aromatic heterocycles. The van der Waals surface area contributed by atoms with E-state index in [0.29, 0.717) is 23.6 Å². The molecule has 0 radical (unpaired) electrons. The summed E-state index contributed by atoms with van der Waals surface area (Å²) in [6.07, 6.45) is 1.86. The summed E-state index contributed by atoms with van der Waals surface area (Å²) in [5.41, 5.74) is 15.8.